The van der Waals surface area contributed by atoms with E-state index in [9.17, 15) is 14.4 Å². The summed E-state index contributed by atoms with van der Waals surface area (Å²) >= 11 is 0. The molecule has 0 spiro atoms. The van der Waals surface area contributed by atoms with Crippen LogP contribution in [-0.2, 0) is 28.6 Å². The second-order valence-electron chi connectivity index (χ2n) is 5.18. The van der Waals surface area contributed by atoms with E-state index in [-0.39, 0.29) is 43.5 Å². The fourth-order valence-corrected chi connectivity index (χ4v) is 1.35. The van der Waals surface area contributed by atoms with Crippen molar-refractivity contribution in [1.29, 1.82) is 0 Å². The Hall–Kier alpha value is -1.51. The van der Waals surface area contributed by atoms with Crippen molar-refractivity contribution in [3.63, 3.8) is 0 Å². The molecule has 0 rings (SSSR count). The number of Topliss-reactive ketones (excluding diaryl/α,β-unsaturated/α-hetero) is 1. The number of hydrogen-bond acceptors (Lipinski definition) is 6. The van der Waals surface area contributed by atoms with Crippen molar-refractivity contribution in [3.05, 3.63) is 0 Å². The molecule has 134 valence electrons. The molecule has 2 N–H and O–H groups in total. The second kappa shape index (κ2) is 14.1. The maximum atomic E-state index is 11.4. The Kier molecular flexibility index (Phi) is 13.2. The lowest BCUT2D eigenvalue weighted by atomic mass is 10.3. The molecule has 0 saturated carbocycles. The normalized spacial score (nSPS) is 10.6. The van der Waals surface area contributed by atoms with E-state index in [4.69, 9.17) is 14.2 Å². The highest BCUT2D eigenvalue weighted by Crippen LogP contribution is 1.86. The summed E-state index contributed by atoms with van der Waals surface area (Å²) in [4.78, 5) is 33.4. The Labute approximate surface area is 137 Å². The van der Waals surface area contributed by atoms with Crippen molar-refractivity contribution in [2.75, 3.05) is 46.1 Å². The van der Waals surface area contributed by atoms with Gasteiger partial charge in [-0.1, -0.05) is 0 Å². The Balaban J connectivity index is 3.36. The van der Waals surface area contributed by atoms with E-state index in [0.717, 1.165) is 0 Å². The lowest BCUT2D eigenvalue weighted by molar-refractivity contribution is -0.127. The van der Waals surface area contributed by atoms with E-state index in [1.807, 2.05) is 13.8 Å². The first kappa shape index (κ1) is 21.5. The summed E-state index contributed by atoms with van der Waals surface area (Å²) < 4.78 is 15.4. The molecule has 0 bridgehead atoms. The van der Waals surface area contributed by atoms with Gasteiger partial charge in [0.25, 0.3) is 0 Å². The predicted molar refractivity (Wildman–Crippen MR) is 84.0 cm³/mol. The number of nitrogens with one attached hydrogen (secondary N) is 2. The van der Waals surface area contributed by atoms with Crippen molar-refractivity contribution < 1.29 is 28.6 Å². The monoisotopic (exact) mass is 332 g/mol. The van der Waals surface area contributed by atoms with E-state index in [1.54, 1.807) is 0 Å². The van der Waals surface area contributed by atoms with Gasteiger partial charge in [0.05, 0.1) is 25.9 Å². The lowest BCUT2D eigenvalue weighted by Gasteiger charge is -2.09. The van der Waals surface area contributed by atoms with Gasteiger partial charge in [0.1, 0.15) is 19.0 Å². The average Bonchev–Trinajstić information content (AvgIpc) is 2.48. The number of carbonyl (C=O) groups is 3. The quantitative estimate of drug-likeness (QED) is 0.422. The molecule has 0 heterocycles. The lowest BCUT2D eigenvalue weighted by Crippen LogP contribution is -2.34. The van der Waals surface area contributed by atoms with Crippen LogP contribution in [0.5, 0.6) is 0 Å². The zero-order chi connectivity index (χ0) is 17.5. The summed E-state index contributed by atoms with van der Waals surface area (Å²) in [6.45, 7) is 6.79. The molecule has 0 saturated heterocycles. The minimum Gasteiger partial charge on any atom is -0.379 e. The summed E-state index contributed by atoms with van der Waals surface area (Å²) in [5.74, 6) is -0.394. The molecular weight excluding hydrogens is 304 g/mol. The predicted octanol–water partition coefficient (Wildman–Crippen LogP) is -0.344. The first-order chi connectivity index (χ1) is 10.9. The molecule has 0 atom stereocenters. The summed E-state index contributed by atoms with van der Waals surface area (Å²) in [5, 5.41) is 5.24. The summed E-state index contributed by atoms with van der Waals surface area (Å²) in [6.07, 6.45) is 0.387. The van der Waals surface area contributed by atoms with Crippen molar-refractivity contribution in [3.8, 4) is 0 Å². The summed E-state index contributed by atoms with van der Waals surface area (Å²) in [7, 11) is 0. The summed E-state index contributed by atoms with van der Waals surface area (Å²) in [5.41, 5.74) is 0. The molecule has 0 radical (unpaired) electrons. The molecule has 0 aliphatic rings. The maximum absolute atomic E-state index is 11.4. The van der Waals surface area contributed by atoms with E-state index in [0.29, 0.717) is 32.7 Å². The van der Waals surface area contributed by atoms with Crippen LogP contribution in [-0.4, -0.2) is 69.8 Å². The molecule has 8 nitrogen and oxygen atoms in total. The van der Waals surface area contributed by atoms with Gasteiger partial charge in [0, 0.05) is 19.5 Å². The van der Waals surface area contributed by atoms with Crippen LogP contribution in [0.15, 0.2) is 0 Å². The molecular formula is C15H28N2O6. The highest BCUT2D eigenvalue weighted by atomic mass is 16.5. The summed E-state index contributed by atoms with van der Waals surface area (Å²) in [6, 6.07) is 0. The third kappa shape index (κ3) is 16.7. The van der Waals surface area contributed by atoms with Gasteiger partial charge in [-0.2, -0.15) is 0 Å². The Morgan fingerprint density at radius 3 is 2.00 bits per heavy atom. The minimum atomic E-state index is -0.255. The Morgan fingerprint density at radius 1 is 0.870 bits per heavy atom. The number of carbonyl (C=O) groups excluding carboxylic acids is 3. The van der Waals surface area contributed by atoms with E-state index in [1.165, 1.54) is 6.92 Å². The average molecular weight is 332 g/mol. The second-order valence-corrected chi connectivity index (χ2v) is 5.18. The van der Waals surface area contributed by atoms with Crippen molar-refractivity contribution in [1.82, 2.24) is 10.6 Å². The SMILES string of the molecule is CC(=O)CCOCCNC(=O)COCCNC(=O)COC(C)C. The van der Waals surface area contributed by atoms with Gasteiger partial charge in [0.2, 0.25) is 11.8 Å². The Morgan fingerprint density at radius 2 is 1.43 bits per heavy atom. The maximum Gasteiger partial charge on any atom is 0.246 e. The zero-order valence-electron chi connectivity index (χ0n) is 14.2. The van der Waals surface area contributed by atoms with Crippen LogP contribution in [0, 0.1) is 0 Å². The van der Waals surface area contributed by atoms with Crippen LogP contribution in [0.3, 0.4) is 0 Å². The highest BCUT2D eigenvalue weighted by Gasteiger charge is 2.04. The van der Waals surface area contributed by atoms with Crippen molar-refractivity contribution in [2.45, 2.75) is 33.3 Å². The molecule has 0 fully saturated rings. The molecule has 0 unspecified atom stereocenters. The number of rotatable bonds is 14. The standard InChI is InChI=1S/C15H28N2O6/c1-12(2)23-11-15(20)17-6-9-22-10-14(19)16-5-8-21-7-4-13(3)18/h12H,4-11H2,1-3H3,(H,16,19)(H,17,20). The largest absolute Gasteiger partial charge is 0.379 e. The molecule has 0 aromatic rings. The molecule has 2 amide bonds. The van der Waals surface area contributed by atoms with Crippen LogP contribution in [0.4, 0.5) is 0 Å². The van der Waals surface area contributed by atoms with Crippen molar-refractivity contribution in [2.24, 2.45) is 0 Å². The van der Waals surface area contributed by atoms with E-state index >= 15 is 0 Å². The van der Waals surface area contributed by atoms with Crippen LogP contribution in [0.2, 0.25) is 0 Å². The molecule has 0 aromatic carbocycles. The van der Waals surface area contributed by atoms with Gasteiger partial charge in [-0.3, -0.25) is 14.4 Å². The minimum absolute atomic E-state index is 0.00661. The topological polar surface area (TPSA) is 103 Å². The molecule has 0 aliphatic carbocycles. The van der Waals surface area contributed by atoms with Crippen LogP contribution in [0.1, 0.15) is 27.2 Å². The molecule has 23 heavy (non-hydrogen) atoms. The van der Waals surface area contributed by atoms with Gasteiger partial charge in [-0.25, -0.2) is 0 Å². The van der Waals surface area contributed by atoms with E-state index < -0.39 is 0 Å². The number of amides is 2. The van der Waals surface area contributed by atoms with Crippen LogP contribution >= 0.6 is 0 Å². The third-order valence-corrected chi connectivity index (χ3v) is 2.52. The van der Waals surface area contributed by atoms with Crippen molar-refractivity contribution >= 4 is 17.6 Å². The van der Waals surface area contributed by atoms with Gasteiger partial charge in [-0.15, -0.1) is 0 Å². The van der Waals surface area contributed by atoms with Gasteiger partial charge < -0.3 is 24.8 Å². The van der Waals surface area contributed by atoms with E-state index in [2.05, 4.69) is 10.6 Å². The van der Waals surface area contributed by atoms with Gasteiger partial charge in [0.15, 0.2) is 0 Å². The zero-order valence-corrected chi connectivity index (χ0v) is 14.2. The fraction of sp³-hybridized carbons (Fsp3) is 0.800. The highest BCUT2D eigenvalue weighted by molar-refractivity contribution is 5.77. The number of ketones is 1. The van der Waals surface area contributed by atoms with Gasteiger partial charge in [-0.05, 0) is 20.8 Å². The van der Waals surface area contributed by atoms with Crippen LogP contribution < -0.4 is 10.6 Å². The first-order valence-corrected chi connectivity index (χ1v) is 7.71. The molecule has 0 aromatic heterocycles. The fourth-order valence-electron chi connectivity index (χ4n) is 1.35. The molecule has 0 aliphatic heterocycles. The van der Waals surface area contributed by atoms with Gasteiger partial charge >= 0.3 is 0 Å². The van der Waals surface area contributed by atoms with Crippen LogP contribution in [0.25, 0.3) is 0 Å². The molecule has 8 heteroatoms. The first-order valence-electron chi connectivity index (χ1n) is 7.71. The third-order valence-electron chi connectivity index (χ3n) is 2.52. The number of hydrogen-bond donors (Lipinski definition) is 2. The Bertz CT molecular complexity index is 360. The smallest absolute Gasteiger partial charge is 0.246 e. The number of ether oxygens (including phenoxy) is 3.